The minimum Gasteiger partial charge on any atom is -0.497 e. The lowest BCUT2D eigenvalue weighted by Crippen LogP contribution is -2.52. The molecule has 0 bridgehead atoms. The first-order valence-electron chi connectivity index (χ1n) is 11.3. The van der Waals surface area contributed by atoms with E-state index in [4.69, 9.17) is 9.73 Å². The van der Waals surface area contributed by atoms with E-state index in [1.165, 1.54) is 18.4 Å². The summed E-state index contributed by atoms with van der Waals surface area (Å²) in [6, 6.07) is 18.5. The van der Waals surface area contributed by atoms with Crippen molar-refractivity contribution in [2.75, 3.05) is 25.1 Å². The Labute approximate surface area is 183 Å². The number of benzene rings is 2. The normalized spacial score (nSPS) is 25.6. The molecule has 1 spiro atoms. The van der Waals surface area contributed by atoms with Gasteiger partial charge in [-0.25, -0.2) is 4.79 Å². The Morgan fingerprint density at radius 3 is 2.71 bits per heavy atom. The van der Waals surface area contributed by atoms with Crippen molar-refractivity contribution in [2.24, 2.45) is 4.99 Å². The van der Waals surface area contributed by atoms with Crippen LogP contribution in [-0.2, 0) is 6.54 Å². The molecule has 2 aliphatic heterocycles. The van der Waals surface area contributed by atoms with Gasteiger partial charge in [0.05, 0.1) is 18.8 Å². The number of anilines is 1. The van der Waals surface area contributed by atoms with Gasteiger partial charge in [-0.15, -0.1) is 0 Å². The highest BCUT2D eigenvalue weighted by Crippen LogP contribution is 2.39. The molecule has 2 aromatic carbocycles. The van der Waals surface area contributed by atoms with Crippen molar-refractivity contribution < 1.29 is 9.53 Å². The third-order valence-corrected chi connectivity index (χ3v) is 6.82. The molecular formula is C25H30N4O2. The first kappa shape index (κ1) is 20.1. The lowest BCUT2D eigenvalue weighted by Gasteiger charge is -2.34. The zero-order chi connectivity index (χ0) is 21.3. The number of carbonyl (C=O) groups excluding carboxylic acids is 1. The van der Waals surface area contributed by atoms with E-state index < -0.39 is 5.54 Å². The molecule has 1 atom stereocenters. The number of amides is 2. The summed E-state index contributed by atoms with van der Waals surface area (Å²) in [5.41, 5.74) is 1.69. The number of likely N-dealkylation sites (tertiary alicyclic amines) is 1. The van der Waals surface area contributed by atoms with E-state index in [0.29, 0.717) is 6.04 Å². The van der Waals surface area contributed by atoms with Crippen molar-refractivity contribution in [3.63, 3.8) is 0 Å². The van der Waals surface area contributed by atoms with Crippen molar-refractivity contribution in [3.8, 4) is 5.75 Å². The Hall–Kier alpha value is -2.86. The van der Waals surface area contributed by atoms with Crippen LogP contribution in [0, 0.1) is 0 Å². The Morgan fingerprint density at radius 2 is 1.94 bits per heavy atom. The molecule has 3 fully saturated rings. The highest BCUT2D eigenvalue weighted by Gasteiger charge is 2.55. The Balaban J connectivity index is 1.50. The molecule has 0 aromatic heterocycles. The summed E-state index contributed by atoms with van der Waals surface area (Å²) in [5, 5.41) is 3.15. The predicted octanol–water partition coefficient (Wildman–Crippen LogP) is 4.21. The number of nitrogens with zero attached hydrogens (tertiary/aromatic N) is 3. The van der Waals surface area contributed by atoms with Crippen LogP contribution in [0.3, 0.4) is 0 Å². The van der Waals surface area contributed by atoms with Gasteiger partial charge in [-0.05, 0) is 37.0 Å². The maximum atomic E-state index is 13.3. The summed E-state index contributed by atoms with van der Waals surface area (Å²) in [4.78, 5) is 22.7. The molecule has 2 amide bonds. The van der Waals surface area contributed by atoms with Crippen molar-refractivity contribution in [3.05, 3.63) is 60.2 Å². The van der Waals surface area contributed by atoms with Gasteiger partial charge in [-0.1, -0.05) is 49.2 Å². The number of aliphatic imine (C=N–C) groups is 1. The maximum absolute atomic E-state index is 13.3. The average molecular weight is 419 g/mol. The van der Waals surface area contributed by atoms with Gasteiger partial charge in [0.25, 0.3) is 0 Å². The summed E-state index contributed by atoms with van der Waals surface area (Å²) >= 11 is 0. The third kappa shape index (κ3) is 3.81. The SMILES string of the molecule is COc1cccc(N2C(=O)NC(=NC3CCCC3)C23CCN(Cc2ccccc2)C3)c1. The van der Waals surface area contributed by atoms with E-state index in [1.54, 1.807) is 7.11 Å². The number of ether oxygens (including phenoxy) is 1. The Kier molecular flexibility index (Phi) is 5.40. The fourth-order valence-corrected chi connectivity index (χ4v) is 5.28. The summed E-state index contributed by atoms with van der Waals surface area (Å²) < 4.78 is 5.44. The number of rotatable bonds is 5. The molecule has 5 rings (SSSR count). The van der Waals surface area contributed by atoms with E-state index >= 15 is 0 Å². The summed E-state index contributed by atoms with van der Waals surface area (Å²) in [7, 11) is 1.66. The molecule has 3 aliphatic rings. The van der Waals surface area contributed by atoms with Crippen LogP contribution in [-0.4, -0.2) is 48.5 Å². The lowest BCUT2D eigenvalue weighted by molar-refractivity contribution is 0.250. The Morgan fingerprint density at radius 1 is 1.13 bits per heavy atom. The fraction of sp³-hybridized carbons (Fsp3) is 0.440. The molecule has 6 heteroatoms. The quantitative estimate of drug-likeness (QED) is 0.791. The molecule has 2 heterocycles. The lowest BCUT2D eigenvalue weighted by atomic mass is 9.95. The third-order valence-electron chi connectivity index (χ3n) is 6.82. The molecule has 1 unspecified atom stereocenters. The van der Waals surface area contributed by atoms with Crippen LogP contribution >= 0.6 is 0 Å². The molecule has 6 nitrogen and oxygen atoms in total. The zero-order valence-corrected chi connectivity index (χ0v) is 18.1. The summed E-state index contributed by atoms with van der Waals surface area (Å²) in [5.74, 6) is 1.60. The smallest absolute Gasteiger partial charge is 0.328 e. The molecule has 1 saturated carbocycles. The van der Waals surface area contributed by atoms with Crippen LogP contribution in [0.25, 0.3) is 0 Å². The molecular weight excluding hydrogens is 388 g/mol. The van der Waals surface area contributed by atoms with E-state index in [0.717, 1.165) is 56.2 Å². The first-order chi connectivity index (χ1) is 15.2. The minimum atomic E-state index is -0.458. The van der Waals surface area contributed by atoms with Crippen LogP contribution in [0.5, 0.6) is 5.75 Å². The number of carbonyl (C=O) groups is 1. The number of hydrogen-bond donors (Lipinski definition) is 1. The zero-order valence-electron chi connectivity index (χ0n) is 18.1. The van der Waals surface area contributed by atoms with Gasteiger partial charge in [0.2, 0.25) is 0 Å². The van der Waals surface area contributed by atoms with Gasteiger partial charge in [-0.3, -0.25) is 20.1 Å². The number of hydrogen-bond acceptors (Lipinski definition) is 4. The first-order valence-corrected chi connectivity index (χ1v) is 11.3. The second-order valence-corrected chi connectivity index (χ2v) is 8.86. The largest absolute Gasteiger partial charge is 0.497 e. The van der Waals surface area contributed by atoms with E-state index in [2.05, 4.69) is 34.5 Å². The standard InChI is InChI=1S/C25H30N4O2/c1-31-22-13-7-12-21(16-22)29-24(30)27-23(26-20-10-5-6-11-20)25(29)14-15-28(18-25)17-19-8-3-2-4-9-19/h2-4,7-9,12-13,16,20H,5-6,10-11,14-15,17-18H2,1H3,(H,26,27,30). The highest BCUT2D eigenvalue weighted by atomic mass is 16.5. The minimum absolute atomic E-state index is 0.0911. The van der Waals surface area contributed by atoms with Crippen LogP contribution in [0.4, 0.5) is 10.5 Å². The molecule has 162 valence electrons. The van der Waals surface area contributed by atoms with Crippen molar-refractivity contribution in [2.45, 2.75) is 50.2 Å². The number of methoxy groups -OCH3 is 1. The predicted molar refractivity (Wildman–Crippen MR) is 123 cm³/mol. The van der Waals surface area contributed by atoms with Gasteiger partial charge in [0, 0.05) is 25.7 Å². The molecule has 0 radical (unpaired) electrons. The topological polar surface area (TPSA) is 57.2 Å². The molecule has 1 N–H and O–H groups in total. The van der Waals surface area contributed by atoms with Crippen molar-refractivity contribution in [1.29, 1.82) is 0 Å². The Bertz CT molecular complexity index is 970. The van der Waals surface area contributed by atoms with Gasteiger partial charge >= 0.3 is 6.03 Å². The maximum Gasteiger partial charge on any atom is 0.328 e. The highest BCUT2D eigenvalue weighted by molar-refractivity contribution is 6.19. The second-order valence-electron chi connectivity index (χ2n) is 8.86. The van der Waals surface area contributed by atoms with Gasteiger partial charge in [0.1, 0.15) is 17.1 Å². The molecule has 2 aromatic rings. The summed E-state index contributed by atoms with van der Waals surface area (Å²) in [6.07, 6.45) is 5.54. The fourth-order valence-electron chi connectivity index (χ4n) is 5.28. The van der Waals surface area contributed by atoms with Crippen LogP contribution in [0.15, 0.2) is 59.6 Å². The van der Waals surface area contributed by atoms with Crippen molar-refractivity contribution in [1.82, 2.24) is 10.2 Å². The monoisotopic (exact) mass is 418 g/mol. The number of urea groups is 1. The summed E-state index contributed by atoms with van der Waals surface area (Å²) in [6.45, 7) is 2.57. The van der Waals surface area contributed by atoms with Gasteiger partial charge in [0.15, 0.2) is 0 Å². The van der Waals surface area contributed by atoms with E-state index in [1.807, 2.05) is 35.2 Å². The van der Waals surface area contributed by atoms with Crippen LogP contribution in [0.1, 0.15) is 37.7 Å². The molecule has 31 heavy (non-hydrogen) atoms. The van der Waals surface area contributed by atoms with Crippen LogP contribution < -0.4 is 15.0 Å². The van der Waals surface area contributed by atoms with Crippen molar-refractivity contribution >= 4 is 17.6 Å². The molecule has 2 saturated heterocycles. The van der Waals surface area contributed by atoms with E-state index in [9.17, 15) is 4.79 Å². The van der Waals surface area contributed by atoms with E-state index in [-0.39, 0.29) is 6.03 Å². The van der Waals surface area contributed by atoms with Gasteiger partial charge in [-0.2, -0.15) is 0 Å². The average Bonchev–Trinajstić information content (AvgIpc) is 3.50. The van der Waals surface area contributed by atoms with Crippen LogP contribution in [0.2, 0.25) is 0 Å². The molecule has 1 aliphatic carbocycles. The van der Waals surface area contributed by atoms with Gasteiger partial charge < -0.3 is 4.74 Å². The second kappa shape index (κ2) is 8.35. The number of nitrogens with one attached hydrogen (secondary N) is 1. The number of amidine groups is 1.